The number of benzene rings is 1. The Bertz CT molecular complexity index is 883. The number of aliphatic imine (C=N–C) groups is 1. The SMILES string of the molecule is CCNC(=NCc1cccc(CS(=O)(=O)NC)c1)NCC(C)(O)c1ccco1.I. The van der Waals surface area contributed by atoms with Gasteiger partial charge in [0.2, 0.25) is 10.0 Å². The van der Waals surface area contributed by atoms with Gasteiger partial charge in [0.15, 0.2) is 5.96 Å². The monoisotopic (exact) mass is 536 g/mol. The molecular weight excluding hydrogens is 507 g/mol. The molecule has 4 N–H and O–H groups in total. The summed E-state index contributed by atoms with van der Waals surface area (Å²) in [5, 5.41) is 16.8. The van der Waals surface area contributed by atoms with Crippen molar-refractivity contribution in [3.05, 3.63) is 59.5 Å². The van der Waals surface area contributed by atoms with Crippen LogP contribution >= 0.6 is 24.0 Å². The molecule has 1 unspecified atom stereocenters. The predicted molar refractivity (Wildman–Crippen MR) is 125 cm³/mol. The van der Waals surface area contributed by atoms with Crippen LogP contribution in [0, 0.1) is 0 Å². The molecule has 2 rings (SSSR count). The van der Waals surface area contributed by atoms with E-state index in [0.717, 1.165) is 5.56 Å². The average molecular weight is 536 g/mol. The number of halogens is 1. The number of nitrogens with one attached hydrogen (secondary N) is 3. The number of hydrogen-bond acceptors (Lipinski definition) is 5. The third-order valence-corrected chi connectivity index (χ3v) is 5.41. The van der Waals surface area contributed by atoms with Crippen molar-refractivity contribution in [2.24, 2.45) is 4.99 Å². The van der Waals surface area contributed by atoms with Crippen molar-refractivity contribution in [3.63, 3.8) is 0 Å². The summed E-state index contributed by atoms with van der Waals surface area (Å²) < 4.78 is 31.0. The highest BCUT2D eigenvalue weighted by atomic mass is 127. The van der Waals surface area contributed by atoms with Crippen molar-refractivity contribution < 1.29 is 17.9 Å². The van der Waals surface area contributed by atoms with Gasteiger partial charge in [-0.25, -0.2) is 18.1 Å². The quantitative estimate of drug-likeness (QED) is 0.221. The van der Waals surface area contributed by atoms with Crippen LogP contribution in [0.5, 0.6) is 0 Å². The minimum atomic E-state index is -3.32. The summed E-state index contributed by atoms with van der Waals surface area (Å²) in [5.41, 5.74) is 0.403. The summed E-state index contributed by atoms with van der Waals surface area (Å²) in [6.45, 7) is 4.85. The molecule has 162 valence electrons. The lowest BCUT2D eigenvalue weighted by atomic mass is 10.0. The molecule has 10 heteroatoms. The first-order chi connectivity index (χ1) is 13.3. The number of rotatable bonds is 9. The fourth-order valence-electron chi connectivity index (χ4n) is 2.55. The molecule has 1 aromatic heterocycles. The first-order valence-electron chi connectivity index (χ1n) is 9.03. The van der Waals surface area contributed by atoms with Crippen molar-refractivity contribution in [1.29, 1.82) is 0 Å². The molecule has 0 amide bonds. The second-order valence-electron chi connectivity index (χ2n) is 6.58. The van der Waals surface area contributed by atoms with Crippen LogP contribution < -0.4 is 15.4 Å². The van der Waals surface area contributed by atoms with E-state index < -0.39 is 15.6 Å². The molecule has 1 heterocycles. The third kappa shape index (κ3) is 8.33. The smallest absolute Gasteiger partial charge is 0.215 e. The largest absolute Gasteiger partial charge is 0.466 e. The van der Waals surface area contributed by atoms with Crippen LogP contribution in [0.1, 0.15) is 30.7 Å². The van der Waals surface area contributed by atoms with Gasteiger partial charge in [0.05, 0.1) is 25.1 Å². The van der Waals surface area contributed by atoms with Crippen molar-refractivity contribution in [1.82, 2.24) is 15.4 Å². The second-order valence-corrected chi connectivity index (χ2v) is 8.51. The average Bonchev–Trinajstić information content (AvgIpc) is 3.20. The Morgan fingerprint density at radius 3 is 2.55 bits per heavy atom. The van der Waals surface area contributed by atoms with E-state index in [4.69, 9.17) is 4.42 Å². The van der Waals surface area contributed by atoms with Gasteiger partial charge >= 0.3 is 0 Å². The number of guanidine groups is 1. The van der Waals surface area contributed by atoms with Gasteiger partial charge < -0.3 is 20.2 Å². The number of sulfonamides is 1. The Labute approximate surface area is 189 Å². The van der Waals surface area contributed by atoms with Crippen molar-refractivity contribution >= 4 is 40.0 Å². The Morgan fingerprint density at radius 1 is 1.21 bits per heavy atom. The maximum Gasteiger partial charge on any atom is 0.215 e. The number of nitrogens with zero attached hydrogens (tertiary/aromatic N) is 1. The fraction of sp³-hybridized carbons (Fsp3) is 0.421. The summed E-state index contributed by atoms with van der Waals surface area (Å²) >= 11 is 0. The van der Waals surface area contributed by atoms with Gasteiger partial charge in [-0.15, -0.1) is 24.0 Å². The number of aliphatic hydroxyl groups is 1. The highest BCUT2D eigenvalue weighted by Crippen LogP contribution is 2.19. The normalized spacial score (nSPS) is 14.0. The molecule has 29 heavy (non-hydrogen) atoms. The lowest BCUT2D eigenvalue weighted by Crippen LogP contribution is -2.44. The summed E-state index contributed by atoms with van der Waals surface area (Å²) in [5.74, 6) is 0.933. The molecule has 0 bridgehead atoms. The highest BCUT2D eigenvalue weighted by molar-refractivity contribution is 14.0. The molecule has 0 saturated heterocycles. The maximum absolute atomic E-state index is 11.7. The van der Waals surface area contributed by atoms with Gasteiger partial charge in [-0.05, 0) is 44.2 Å². The zero-order valence-electron chi connectivity index (χ0n) is 16.8. The van der Waals surface area contributed by atoms with Gasteiger partial charge in [0.25, 0.3) is 0 Å². The van der Waals surface area contributed by atoms with E-state index in [1.54, 1.807) is 25.1 Å². The minimum Gasteiger partial charge on any atom is -0.466 e. The van der Waals surface area contributed by atoms with E-state index in [9.17, 15) is 13.5 Å². The Morgan fingerprint density at radius 2 is 1.93 bits per heavy atom. The van der Waals surface area contributed by atoms with Crippen molar-refractivity contribution in [2.75, 3.05) is 20.1 Å². The minimum absolute atomic E-state index is 0. The van der Waals surface area contributed by atoms with Crippen LogP contribution in [0.3, 0.4) is 0 Å². The molecule has 0 fully saturated rings. The first-order valence-corrected chi connectivity index (χ1v) is 10.7. The molecule has 1 aromatic carbocycles. The van der Waals surface area contributed by atoms with E-state index >= 15 is 0 Å². The molecule has 2 aromatic rings. The fourth-order valence-corrected chi connectivity index (χ4v) is 3.31. The van der Waals surface area contributed by atoms with Crippen LogP contribution in [-0.4, -0.2) is 39.6 Å². The Hall–Kier alpha value is -1.63. The van der Waals surface area contributed by atoms with E-state index in [1.165, 1.54) is 13.3 Å². The third-order valence-electron chi connectivity index (χ3n) is 4.08. The molecule has 0 radical (unpaired) electrons. The summed E-state index contributed by atoms with van der Waals surface area (Å²) in [4.78, 5) is 4.51. The lowest BCUT2D eigenvalue weighted by molar-refractivity contribution is 0.0386. The van der Waals surface area contributed by atoms with E-state index in [0.29, 0.717) is 30.4 Å². The van der Waals surface area contributed by atoms with Crippen molar-refractivity contribution in [2.45, 2.75) is 31.7 Å². The summed E-state index contributed by atoms with van der Waals surface area (Å²) in [6.07, 6.45) is 1.52. The Kier molecular flexibility index (Phi) is 10.1. The topological polar surface area (TPSA) is 116 Å². The standard InChI is InChI=1S/C19H28N4O4S.HI/c1-4-21-18(23-14-19(2,24)17-9-6-10-27-17)22-12-15-7-5-8-16(11-15)13-28(25,26)20-3;/h5-11,20,24H,4,12-14H2,1-3H3,(H2,21,22,23);1H. The molecule has 8 nitrogen and oxygen atoms in total. The van der Waals surface area contributed by atoms with Gasteiger partial charge in [0, 0.05) is 6.54 Å². The molecule has 0 aliphatic carbocycles. The van der Waals surface area contributed by atoms with Crippen LogP contribution in [0.25, 0.3) is 0 Å². The van der Waals surface area contributed by atoms with E-state index in [2.05, 4.69) is 20.3 Å². The zero-order chi connectivity index (χ0) is 20.6. The highest BCUT2D eigenvalue weighted by Gasteiger charge is 2.26. The molecule has 0 aliphatic heterocycles. The molecule has 0 spiro atoms. The molecule has 0 aliphatic rings. The first kappa shape index (κ1) is 25.4. The van der Waals surface area contributed by atoms with E-state index in [-0.39, 0.29) is 36.3 Å². The summed E-state index contributed by atoms with van der Waals surface area (Å²) in [6, 6.07) is 10.7. The van der Waals surface area contributed by atoms with Crippen molar-refractivity contribution in [3.8, 4) is 0 Å². The van der Waals surface area contributed by atoms with Crippen LogP contribution in [0.2, 0.25) is 0 Å². The van der Waals surface area contributed by atoms with Gasteiger partial charge in [-0.1, -0.05) is 24.3 Å². The number of furan rings is 1. The van der Waals surface area contributed by atoms with Gasteiger partial charge in [0.1, 0.15) is 11.4 Å². The number of hydrogen-bond donors (Lipinski definition) is 4. The lowest BCUT2D eigenvalue weighted by Gasteiger charge is -2.22. The molecule has 1 atom stereocenters. The summed E-state index contributed by atoms with van der Waals surface area (Å²) in [7, 11) is -1.92. The predicted octanol–water partition coefficient (Wildman–Crippen LogP) is 1.91. The van der Waals surface area contributed by atoms with Crippen LogP contribution in [0.4, 0.5) is 0 Å². The van der Waals surface area contributed by atoms with Crippen LogP contribution in [-0.2, 0) is 27.9 Å². The second kappa shape index (κ2) is 11.5. The maximum atomic E-state index is 11.7. The Balaban J connectivity index is 0.00000420. The van der Waals surface area contributed by atoms with Crippen LogP contribution in [0.15, 0.2) is 52.1 Å². The molecule has 0 saturated carbocycles. The zero-order valence-corrected chi connectivity index (χ0v) is 20.0. The van der Waals surface area contributed by atoms with Gasteiger partial charge in [-0.2, -0.15) is 0 Å². The molecular formula is C19H29IN4O4S. The van der Waals surface area contributed by atoms with E-state index in [1.807, 2.05) is 25.1 Å². The van der Waals surface area contributed by atoms with Gasteiger partial charge in [-0.3, -0.25) is 0 Å².